The van der Waals surface area contributed by atoms with Crippen molar-refractivity contribution in [3.63, 3.8) is 0 Å². The van der Waals surface area contributed by atoms with Crippen molar-refractivity contribution in [3.05, 3.63) is 34.1 Å². The van der Waals surface area contributed by atoms with Gasteiger partial charge in [-0.2, -0.15) is 18.3 Å². The summed E-state index contributed by atoms with van der Waals surface area (Å²) in [4.78, 5) is 0. The molecule has 0 aliphatic heterocycles. The van der Waals surface area contributed by atoms with E-state index in [0.29, 0.717) is 28.2 Å². The van der Waals surface area contributed by atoms with Gasteiger partial charge in [0.2, 0.25) is 0 Å². The fourth-order valence-corrected chi connectivity index (χ4v) is 2.57. The van der Waals surface area contributed by atoms with Crippen molar-refractivity contribution in [3.8, 4) is 0 Å². The number of alkyl halides is 3. The molecule has 0 atom stereocenters. The first-order valence-corrected chi connectivity index (χ1v) is 6.58. The molecule has 0 bridgehead atoms. The number of halogens is 4. The van der Waals surface area contributed by atoms with Crippen LogP contribution in [0.1, 0.15) is 42.6 Å². The Balaban J connectivity index is 2.31. The van der Waals surface area contributed by atoms with Crippen LogP contribution in [-0.4, -0.2) is 9.61 Å². The summed E-state index contributed by atoms with van der Waals surface area (Å²) >= 11 is 6.13. The molecule has 1 aliphatic rings. The summed E-state index contributed by atoms with van der Waals surface area (Å²) in [6.45, 7) is 1.82. The lowest BCUT2D eigenvalue weighted by atomic mass is 10.1. The summed E-state index contributed by atoms with van der Waals surface area (Å²) in [5.41, 5.74) is 0.827. The molecule has 0 N–H and O–H groups in total. The molecule has 0 aromatic carbocycles. The molecular formula is C13H12ClF3N2. The zero-order valence-electron chi connectivity index (χ0n) is 10.3. The topological polar surface area (TPSA) is 17.3 Å². The summed E-state index contributed by atoms with van der Waals surface area (Å²) in [6.07, 6.45) is -2.03. The van der Waals surface area contributed by atoms with Crippen LogP contribution < -0.4 is 0 Å². The summed E-state index contributed by atoms with van der Waals surface area (Å²) < 4.78 is 40.3. The highest BCUT2D eigenvalue weighted by molar-refractivity contribution is 6.34. The van der Waals surface area contributed by atoms with Crippen LogP contribution in [0, 0.1) is 0 Å². The van der Waals surface area contributed by atoms with E-state index in [0.717, 1.165) is 17.4 Å². The Morgan fingerprint density at radius 3 is 2.58 bits per heavy atom. The highest BCUT2D eigenvalue weighted by atomic mass is 35.5. The number of rotatable bonds is 2. The molecule has 2 aromatic rings. The third kappa shape index (κ3) is 2.10. The zero-order valence-corrected chi connectivity index (χ0v) is 11.0. The molecular weight excluding hydrogens is 277 g/mol. The number of pyridine rings is 1. The van der Waals surface area contributed by atoms with Crippen LogP contribution in [-0.2, 0) is 12.6 Å². The predicted octanol–water partition coefficient (Wildman–Crippen LogP) is 4.45. The first kappa shape index (κ1) is 12.8. The first-order chi connectivity index (χ1) is 8.91. The van der Waals surface area contributed by atoms with Crippen molar-refractivity contribution >= 4 is 17.1 Å². The van der Waals surface area contributed by atoms with Gasteiger partial charge in [0, 0.05) is 0 Å². The molecule has 3 rings (SSSR count). The minimum atomic E-state index is -4.43. The second-order valence-corrected chi connectivity index (χ2v) is 5.24. The van der Waals surface area contributed by atoms with E-state index in [4.69, 9.17) is 11.6 Å². The molecule has 6 heteroatoms. The molecule has 2 nitrogen and oxygen atoms in total. The van der Waals surface area contributed by atoms with Gasteiger partial charge in [-0.1, -0.05) is 18.5 Å². The van der Waals surface area contributed by atoms with Gasteiger partial charge in [0.1, 0.15) is 5.69 Å². The Morgan fingerprint density at radius 1 is 1.37 bits per heavy atom. The normalized spacial score (nSPS) is 16.3. The number of aryl methyl sites for hydroxylation is 1. The van der Waals surface area contributed by atoms with Crippen molar-refractivity contribution in [2.45, 2.75) is 38.3 Å². The molecule has 1 aliphatic carbocycles. The number of fused-ring (bicyclic) bond motifs is 1. The van der Waals surface area contributed by atoms with E-state index in [2.05, 4.69) is 5.10 Å². The van der Waals surface area contributed by atoms with Crippen molar-refractivity contribution in [1.82, 2.24) is 9.61 Å². The van der Waals surface area contributed by atoms with Gasteiger partial charge in [0.25, 0.3) is 0 Å². The van der Waals surface area contributed by atoms with E-state index in [9.17, 15) is 13.2 Å². The van der Waals surface area contributed by atoms with Crippen molar-refractivity contribution in [1.29, 1.82) is 0 Å². The first-order valence-electron chi connectivity index (χ1n) is 6.20. The standard InChI is InChI=1S/C13H12ClF3N2/c1-2-9-12(14)10-5-8(7-3-4-7)6-11(13(15,16)17)19(10)18-9/h5-7H,2-4H2,1H3. The van der Waals surface area contributed by atoms with Gasteiger partial charge >= 0.3 is 6.18 Å². The fraction of sp³-hybridized carbons (Fsp3) is 0.462. The summed E-state index contributed by atoms with van der Waals surface area (Å²) in [6, 6.07) is 2.94. The van der Waals surface area contributed by atoms with E-state index in [-0.39, 0.29) is 5.92 Å². The Kier molecular flexibility index (Phi) is 2.78. The molecule has 0 spiro atoms. The molecule has 19 heavy (non-hydrogen) atoms. The predicted molar refractivity (Wildman–Crippen MR) is 66.6 cm³/mol. The van der Waals surface area contributed by atoms with Crippen LogP contribution in [0.15, 0.2) is 12.1 Å². The molecule has 1 saturated carbocycles. The monoisotopic (exact) mass is 288 g/mol. The molecule has 102 valence electrons. The summed E-state index contributed by atoms with van der Waals surface area (Å²) in [5.74, 6) is 0.238. The molecule has 2 aromatic heterocycles. The summed E-state index contributed by atoms with van der Waals surface area (Å²) in [7, 11) is 0. The van der Waals surface area contributed by atoms with Gasteiger partial charge in [-0.15, -0.1) is 0 Å². The van der Waals surface area contributed by atoms with Crippen LogP contribution in [0.25, 0.3) is 5.52 Å². The smallest absolute Gasteiger partial charge is 0.227 e. The highest BCUT2D eigenvalue weighted by Gasteiger charge is 2.37. The molecule has 0 radical (unpaired) electrons. The molecule has 0 unspecified atom stereocenters. The zero-order chi connectivity index (χ0) is 13.8. The van der Waals surface area contributed by atoms with Gasteiger partial charge in [-0.05, 0) is 42.9 Å². The van der Waals surface area contributed by atoms with Crippen LogP contribution in [0.2, 0.25) is 5.02 Å². The van der Waals surface area contributed by atoms with E-state index < -0.39 is 11.9 Å². The van der Waals surface area contributed by atoms with Crippen LogP contribution in [0.5, 0.6) is 0 Å². The quantitative estimate of drug-likeness (QED) is 0.798. The van der Waals surface area contributed by atoms with Gasteiger partial charge in [-0.25, -0.2) is 4.52 Å². The maximum absolute atomic E-state index is 13.1. The van der Waals surface area contributed by atoms with Crippen LogP contribution in [0.4, 0.5) is 13.2 Å². The van der Waals surface area contributed by atoms with E-state index >= 15 is 0 Å². The van der Waals surface area contributed by atoms with Crippen molar-refractivity contribution in [2.24, 2.45) is 0 Å². The Labute approximate surface area is 113 Å². The second kappa shape index (κ2) is 4.13. The second-order valence-electron chi connectivity index (χ2n) is 4.86. The maximum atomic E-state index is 13.1. The molecule has 1 fully saturated rings. The largest absolute Gasteiger partial charge is 0.433 e. The lowest BCUT2D eigenvalue weighted by Gasteiger charge is -2.11. The fourth-order valence-electron chi connectivity index (χ4n) is 2.27. The molecule has 0 saturated heterocycles. The van der Waals surface area contributed by atoms with Gasteiger partial charge in [0.05, 0.1) is 16.2 Å². The maximum Gasteiger partial charge on any atom is 0.433 e. The average molecular weight is 289 g/mol. The summed E-state index contributed by atoms with van der Waals surface area (Å²) in [5, 5.41) is 4.31. The lowest BCUT2D eigenvalue weighted by molar-refractivity contribution is -0.142. The van der Waals surface area contributed by atoms with Crippen molar-refractivity contribution in [2.75, 3.05) is 0 Å². The Morgan fingerprint density at radius 2 is 2.05 bits per heavy atom. The average Bonchev–Trinajstić information content (AvgIpc) is 3.13. The lowest BCUT2D eigenvalue weighted by Crippen LogP contribution is -2.13. The highest BCUT2D eigenvalue weighted by Crippen LogP contribution is 2.43. The van der Waals surface area contributed by atoms with E-state index in [1.54, 1.807) is 6.07 Å². The van der Waals surface area contributed by atoms with Crippen molar-refractivity contribution < 1.29 is 13.2 Å². The third-order valence-electron chi connectivity index (χ3n) is 3.44. The molecule has 0 amide bonds. The SMILES string of the molecule is CCc1nn2c(C(F)(F)F)cc(C3CC3)cc2c1Cl. The minimum Gasteiger partial charge on any atom is -0.227 e. The Hall–Kier alpha value is -1.23. The minimum absolute atomic E-state index is 0.238. The third-order valence-corrected chi connectivity index (χ3v) is 3.85. The number of nitrogens with zero attached hydrogens (tertiary/aromatic N) is 2. The van der Waals surface area contributed by atoms with E-state index in [1.165, 1.54) is 6.07 Å². The van der Waals surface area contributed by atoms with Crippen LogP contribution in [0.3, 0.4) is 0 Å². The van der Waals surface area contributed by atoms with Gasteiger partial charge in [-0.3, -0.25) is 0 Å². The van der Waals surface area contributed by atoms with Crippen LogP contribution >= 0.6 is 11.6 Å². The van der Waals surface area contributed by atoms with E-state index in [1.807, 2.05) is 6.92 Å². The molecule has 2 heterocycles. The number of aromatic nitrogens is 2. The number of hydrogen-bond donors (Lipinski definition) is 0. The number of hydrogen-bond acceptors (Lipinski definition) is 1. The van der Waals surface area contributed by atoms with Gasteiger partial charge < -0.3 is 0 Å². The van der Waals surface area contributed by atoms with Gasteiger partial charge in [0.15, 0.2) is 0 Å². The Bertz CT molecular complexity index is 641.